The van der Waals surface area contributed by atoms with Crippen molar-refractivity contribution >= 4 is 11.9 Å². The first kappa shape index (κ1) is 15.9. The molecule has 0 aliphatic heterocycles. The summed E-state index contributed by atoms with van der Waals surface area (Å²) in [6.07, 6.45) is 1.37. The van der Waals surface area contributed by atoms with E-state index < -0.39 is 11.9 Å². The van der Waals surface area contributed by atoms with Gasteiger partial charge in [-0.1, -0.05) is 13.8 Å². The van der Waals surface area contributed by atoms with Crippen molar-refractivity contribution in [1.82, 2.24) is 14.7 Å². The molecule has 0 spiro atoms. The van der Waals surface area contributed by atoms with Crippen LogP contribution in [0.2, 0.25) is 0 Å². The van der Waals surface area contributed by atoms with Gasteiger partial charge in [0.1, 0.15) is 12.2 Å². The summed E-state index contributed by atoms with van der Waals surface area (Å²) in [7, 11) is 0. The Morgan fingerprint density at radius 3 is 2.55 bits per heavy atom. The zero-order chi connectivity index (χ0) is 15.1. The molecule has 1 aromatic rings. The number of carbonyl (C=O) groups excluding carboxylic acids is 1. The summed E-state index contributed by atoms with van der Waals surface area (Å²) in [5, 5.41) is 12.8. The maximum Gasteiger partial charge on any atom is 0.323 e. The van der Waals surface area contributed by atoms with E-state index >= 15 is 0 Å². The van der Waals surface area contributed by atoms with E-state index in [-0.39, 0.29) is 17.8 Å². The lowest BCUT2D eigenvalue weighted by atomic mass is 10.3. The first-order valence-corrected chi connectivity index (χ1v) is 6.58. The van der Waals surface area contributed by atoms with E-state index in [1.54, 1.807) is 0 Å². The maximum atomic E-state index is 12.2. The minimum atomic E-state index is -1.08. The van der Waals surface area contributed by atoms with Crippen molar-refractivity contribution in [3.63, 3.8) is 0 Å². The number of carbonyl (C=O) groups is 2. The highest BCUT2D eigenvalue weighted by Gasteiger charge is 2.19. The molecule has 0 fully saturated rings. The van der Waals surface area contributed by atoms with Gasteiger partial charge in [-0.05, 0) is 18.9 Å². The van der Waals surface area contributed by atoms with Crippen LogP contribution in [-0.4, -0.2) is 44.8 Å². The van der Waals surface area contributed by atoms with Gasteiger partial charge in [-0.15, -0.1) is 0 Å². The van der Waals surface area contributed by atoms with Crippen LogP contribution in [0, 0.1) is 0 Å². The van der Waals surface area contributed by atoms with E-state index in [0.717, 1.165) is 6.42 Å². The molecule has 0 saturated heterocycles. The third kappa shape index (κ3) is 4.18. The van der Waals surface area contributed by atoms with Crippen LogP contribution in [0.3, 0.4) is 0 Å². The lowest BCUT2D eigenvalue weighted by Crippen LogP contribution is -2.38. The number of carboxylic acids is 1. The van der Waals surface area contributed by atoms with Crippen LogP contribution in [-0.2, 0) is 11.3 Å². The Hall–Kier alpha value is -2.18. The lowest BCUT2D eigenvalue weighted by molar-refractivity contribution is -0.137. The largest absolute Gasteiger partial charge is 0.480 e. The second-order valence-electron chi connectivity index (χ2n) is 4.40. The van der Waals surface area contributed by atoms with Gasteiger partial charge in [0.15, 0.2) is 0 Å². The van der Waals surface area contributed by atoms with E-state index in [4.69, 9.17) is 5.11 Å². The molecule has 0 aliphatic rings. The molecular formula is C13H19N3O4. The predicted octanol–water partition coefficient (Wildman–Crippen LogP) is 0.590. The summed E-state index contributed by atoms with van der Waals surface area (Å²) in [6.45, 7) is 4.14. The quantitative estimate of drug-likeness (QED) is 0.789. The van der Waals surface area contributed by atoms with Crippen molar-refractivity contribution in [3.8, 4) is 0 Å². The Labute approximate surface area is 116 Å². The number of hydrogen-bond donors (Lipinski definition) is 1. The van der Waals surface area contributed by atoms with Gasteiger partial charge in [0.25, 0.3) is 11.5 Å². The standard InChI is InChI=1S/C13H19N3O4/c1-3-7-15(9-12(18)19)13(20)10-5-6-11(17)16(14-10)8-4-2/h5-6H,3-4,7-9H2,1-2H3,(H,18,19). The Bertz CT molecular complexity index is 539. The number of aryl methyl sites for hydroxylation is 1. The molecule has 0 aliphatic carbocycles. The van der Waals surface area contributed by atoms with Crippen LogP contribution in [0.5, 0.6) is 0 Å². The summed E-state index contributed by atoms with van der Waals surface area (Å²) in [4.78, 5) is 35.7. The third-order valence-electron chi connectivity index (χ3n) is 2.63. The smallest absolute Gasteiger partial charge is 0.323 e. The fraction of sp³-hybridized carbons (Fsp3) is 0.538. The summed E-state index contributed by atoms with van der Waals surface area (Å²) in [6, 6.07) is 2.61. The minimum Gasteiger partial charge on any atom is -0.480 e. The number of carboxylic acid groups (broad SMARTS) is 1. The number of aliphatic carboxylic acids is 1. The van der Waals surface area contributed by atoms with Crippen LogP contribution in [0.15, 0.2) is 16.9 Å². The molecule has 20 heavy (non-hydrogen) atoms. The van der Waals surface area contributed by atoms with Crippen molar-refractivity contribution in [1.29, 1.82) is 0 Å². The van der Waals surface area contributed by atoms with Gasteiger partial charge in [0.2, 0.25) is 0 Å². The zero-order valence-corrected chi connectivity index (χ0v) is 11.7. The molecule has 7 nitrogen and oxygen atoms in total. The van der Waals surface area contributed by atoms with Gasteiger partial charge in [-0.25, -0.2) is 4.68 Å². The number of aromatic nitrogens is 2. The van der Waals surface area contributed by atoms with Crippen molar-refractivity contribution < 1.29 is 14.7 Å². The van der Waals surface area contributed by atoms with Gasteiger partial charge in [-0.3, -0.25) is 14.4 Å². The van der Waals surface area contributed by atoms with Crippen molar-refractivity contribution in [2.24, 2.45) is 0 Å². The Morgan fingerprint density at radius 2 is 2.00 bits per heavy atom. The molecule has 110 valence electrons. The monoisotopic (exact) mass is 281 g/mol. The fourth-order valence-corrected chi connectivity index (χ4v) is 1.78. The normalized spacial score (nSPS) is 10.3. The molecule has 1 rings (SSSR count). The topological polar surface area (TPSA) is 92.5 Å². The van der Waals surface area contributed by atoms with Gasteiger partial charge in [0, 0.05) is 19.2 Å². The molecule has 1 aromatic heterocycles. The molecule has 0 saturated carbocycles. The number of hydrogen-bond acceptors (Lipinski definition) is 4. The van der Waals surface area contributed by atoms with Crippen molar-refractivity contribution in [3.05, 3.63) is 28.2 Å². The van der Waals surface area contributed by atoms with Gasteiger partial charge >= 0.3 is 5.97 Å². The van der Waals surface area contributed by atoms with Crippen LogP contribution in [0.1, 0.15) is 37.2 Å². The second-order valence-corrected chi connectivity index (χ2v) is 4.40. The van der Waals surface area contributed by atoms with Crippen LogP contribution < -0.4 is 5.56 Å². The molecule has 1 heterocycles. The molecular weight excluding hydrogens is 262 g/mol. The molecule has 0 unspecified atom stereocenters. The molecule has 0 radical (unpaired) electrons. The van der Waals surface area contributed by atoms with Gasteiger partial charge < -0.3 is 10.0 Å². The van der Waals surface area contributed by atoms with E-state index in [0.29, 0.717) is 19.5 Å². The molecule has 0 bridgehead atoms. The van der Waals surface area contributed by atoms with E-state index in [1.807, 2.05) is 13.8 Å². The SMILES string of the molecule is CCCN(CC(=O)O)C(=O)c1ccc(=O)n(CCC)n1. The summed E-state index contributed by atoms with van der Waals surface area (Å²) in [5.74, 6) is -1.55. The molecule has 1 N–H and O–H groups in total. The lowest BCUT2D eigenvalue weighted by Gasteiger charge is -2.19. The van der Waals surface area contributed by atoms with Gasteiger partial charge in [0.05, 0.1) is 0 Å². The Balaban J connectivity index is 3.01. The highest BCUT2D eigenvalue weighted by atomic mass is 16.4. The van der Waals surface area contributed by atoms with Gasteiger partial charge in [-0.2, -0.15) is 5.10 Å². The molecule has 0 atom stereocenters. The number of nitrogens with zero attached hydrogens (tertiary/aromatic N) is 3. The molecule has 7 heteroatoms. The van der Waals surface area contributed by atoms with Crippen LogP contribution in [0.4, 0.5) is 0 Å². The van der Waals surface area contributed by atoms with Crippen molar-refractivity contribution in [2.75, 3.05) is 13.1 Å². The first-order chi connectivity index (χ1) is 9.49. The highest BCUT2D eigenvalue weighted by molar-refractivity contribution is 5.93. The van der Waals surface area contributed by atoms with Crippen LogP contribution in [0.25, 0.3) is 0 Å². The second kappa shape index (κ2) is 7.42. The number of rotatable bonds is 7. The molecule has 0 aromatic carbocycles. The Kier molecular flexibility index (Phi) is 5.89. The minimum absolute atomic E-state index is 0.0905. The average Bonchev–Trinajstić information content (AvgIpc) is 2.40. The third-order valence-corrected chi connectivity index (χ3v) is 2.63. The molecule has 1 amide bonds. The van der Waals surface area contributed by atoms with E-state index in [2.05, 4.69) is 5.10 Å². The van der Waals surface area contributed by atoms with Crippen molar-refractivity contribution in [2.45, 2.75) is 33.2 Å². The van der Waals surface area contributed by atoms with E-state index in [1.165, 1.54) is 21.7 Å². The van der Waals surface area contributed by atoms with Crippen LogP contribution >= 0.6 is 0 Å². The zero-order valence-electron chi connectivity index (χ0n) is 11.7. The summed E-state index contributed by atoms with van der Waals surface area (Å²) in [5.41, 5.74) is -0.184. The summed E-state index contributed by atoms with van der Waals surface area (Å²) >= 11 is 0. The van der Waals surface area contributed by atoms with E-state index in [9.17, 15) is 14.4 Å². The summed E-state index contributed by atoms with van der Waals surface area (Å²) < 4.78 is 1.22. The fourth-order valence-electron chi connectivity index (χ4n) is 1.78. The highest BCUT2D eigenvalue weighted by Crippen LogP contribution is 2.02. The average molecular weight is 281 g/mol. The maximum absolute atomic E-state index is 12.2. The number of amides is 1. The Morgan fingerprint density at radius 1 is 1.30 bits per heavy atom. The predicted molar refractivity (Wildman–Crippen MR) is 72.6 cm³/mol. The first-order valence-electron chi connectivity index (χ1n) is 6.58.